The Labute approximate surface area is 118 Å². The Hall–Kier alpha value is -1.98. The van der Waals surface area contributed by atoms with Crippen molar-refractivity contribution in [2.75, 3.05) is 20.3 Å². The second-order valence-electron chi connectivity index (χ2n) is 4.64. The summed E-state index contributed by atoms with van der Waals surface area (Å²) in [6.45, 7) is 1.01. The molecule has 1 amide bonds. The van der Waals surface area contributed by atoms with Crippen LogP contribution in [0.4, 0.5) is 0 Å². The number of amides is 1. The third-order valence-corrected chi connectivity index (χ3v) is 3.06. The summed E-state index contributed by atoms with van der Waals surface area (Å²) in [5.41, 5.74) is 7.11. The highest BCUT2D eigenvalue weighted by atomic mass is 16.5. The molecular formula is C15H19N3O2. The molecule has 0 saturated carbocycles. The lowest BCUT2D eigenvalue weighted by atomic mass is 10.1. The van der Waals surface area contributed by atoms with Gasteiger partial charge in [-0.1, -0.05) is 18.2 Å². The molecule has 0 spiro atoms. The highest BCUT2D eigenvalue weighted by Crippen LogP contribution is 2.15. The van der Waals surface area contributed by atoms with Crippen LogP contribution in [0.5, 0.6) is 0 Å². The zero-order valence-electron chi connectivity index (χ0n) is 11.5. The summed E-state index contributed by atoms with van der Waals surface area (Å²) in [6.07, 6.45) is 2.37. The lowest BCUT2D eigenvalue weighted by Crippen LogP contribution is -2.33. The largest absolute Gasteiger partial charge is 0.383 e. The van der Waals surface area contributed by atoms with E-state index in [4.69, 9.17) is 10.5 Å². The Bertz CT molecular complexity index is 581. The zero-order chi connectivity index (χ0) is 14.4. The highest BCUT2D eigenvalue weighted by molar-refractivity contribution is 6.05. The van der Waals surface area contributed by atoms with Crippen molar-refractivity contribution >= 4 is 16.8 Å². The Morgan fingerprint density at radius 1 is 1.40 bits per heavy atom. The summed E-state index contributed by atoms with van der Waals surface area (Å²) in [6, 6.07) is 9.30. The number of hydrogen-bond acceptors (Lipinski definition) is 4. The molecule has 1 aromatic carbocycles. The van der Waals surface area contributed by atoms with E-state index in [1.807, 2.05) is 24.3 Å². The molecule has 1 atom stereocenters. The van der Waals surface area contributed by atoms with E-state index >= 15 is 0 Å². The third kappa shape index (κ3) is 3.53. The fourth-order valence-electron chi connectivity index (χ4n) is 2.05. The van der Waals surface area contributed by atoms with Gasteiger partial charge in [-0.25, -0.2) is 0 Å². The Morgan fingerprint density at radius 3 is 3.00 bits per heavy atom. The van der Waals surface area contributed by atoms with Gasteiger partial charge in [0.15, 0.2) is 0 Å². The average molecular weight is 273 g/mol. The van der Waals surface area contributed by atoms with Gasteiger partial charge in [0.05, 0.1) is 17.7 Å². The van der Waals surface area contributed by atoms with E-state index in [1.165, 1.54) is 0 Å². The molecule has 0 radical (unpaired) electrons. The number of para-hydroxylation sites is 1. The summed E-state index contributed by atoms with van der Waals surface area (Å²) < 4.78 is 4.96. The minimum absolute atomic E-state index is 0.0639. The molecule has 0 aliphatic rings. The molecule has 1 aromatic heterocycles. The van der Waals surface area contributed by atoms with Crippen LogP contribution in [0.3, 0.4) is 0 Å². The topological polar surface area (TPSA) is 77.2 Å². The molecule has 5 nitrogen and oxygen atoms in total. The summed E-state index contributed by atoms with van der Waals surface area (Å²) in [4.78, 5) is 16.4. The fourth-order valence-corrected chi connectivity index (χ4v) is 2.05. The van der Waals surface area contributed by atoms with Gasteiger partial charge in [0, 0.05) is 31.3 Å². The van der Waals surface area contributed by atoms with Gasteiger partial charge < -0.3 is 15.8 Å². The van der Waals surface area contributed by atoms with E-state index in [1.54, 1.807) is 19.4 Å². The van der Waals surface area contributed by atoms with Crippen molar-refractivity contribution < 1.29 is 9.53 Å². The van der Waals surface area contributed by atoms with E-state index in [-0.39, 0.29) is 11.9 Å². The molecule has 106 valence electrons. The predicted octanol–water partition coefficient (Wildman–Crippen LogP) is 1.33. The third-order valence-electron chi connectivity index (χ3n) is 3.06. The van der Waals surface area contributed by atoms with Crippen LogP contribution in [-0.4, -0.2) is 37.2 Å². The van der Waals surface area contributed by atoms with Gasteiger partial charge in [0.1, 0.15) is 0 Å². The maximum Gasteiger partial charge on any atom is 0.253 e. The van der Waals surface area contributed by atoms with Crippen LogP contribution in [0.2, 0.25) is 0 Å². The molecule has 0 saturated heterocycles. The number of nitrogens with one attached hydrogen (secondary N) is 1. The second kappa shape index (κ2) is 6.98. The van der Waals surface area contributed by atoms with E-state index < -0.39 is 0 Å². The van der Waals surface area contributed by atoms with Crippen molar-refractivity contribution in [1.82, 2.24) is 10.3 Å². The number of pyridine rings is 1. The molecule has 0 aliphatic carbocycles. The molecule has 1 unspecified atom stereocenters. The number of ether oxygens (including phenoxy) is 1. The van der Waals surface area contributed by atoms with Gasteiger partial charge in [0.25, 0.3) is 5.91 Å². The molecule has 5 heteroatoms. The van der Waals surface area contributed by atoms with Crippen LogP contribution < -0.4 is 11.1 Å². The Balaban J connectivity index is 2.01. The number of methoxy groups -OCH3 is 1. The smallest absolute Gasteiger partial charge is 0.253 e. The molecule has 0 bridgehead atoms. The first kappa shape index (κ1) is 14.4. The quantitative estimate of drug-likeness (QED) is 0.832. The monoisotopic (exact) mass is 273 g/mol. The van der Waals surface area contributed by atoms with Crippen molar-refractivity contribution in [3.05, 3.63) is 42.1 Å². The Kier molecular flexibility index (Phi) is 5.03. The van der Waals surface area contributed by atoms with Crippen molar-refractivity contribution in [3.63, 3.8) is 0 Å². The van der Waals surface area contributed by atoms with Crippen LogP contribution in [0.1, 0.15) is 16.8 Å². The minimum Gasteiger partial charge on any atom is -0.383 e. The first-order valence-electron chi connectivity index (χ1n) is 6.59. The van der Waals surface area contributed by atoms with Crippen molar-refractivity contribution in [2.24, 2.45) is 5.73 Å². The number of aromatic nitrogens is 1. The van der Waals surface area contributed by atoms with Gasteiger partial charge in [-0.05, 0) is 18.6 Å². The van der Waals surface area contributed by atoms with Crippen molar-refractivity contribution in [3.8, 4) is 0 Å². The number of hydrogen-bond donors (Lipinski definition) is 2. The van der Waals surface area contributed by atoms with Crippen LogP contribution in [0.25, 0.3) is 10.9 Å². The fraction of sp³-hybridized carbons (Fsp3) is 0.333. The molecule has 0 fully saturated rings. The van der Waals surface area contributed by atoms with Crippen LogP contribution in [0, 0.1) is 0 Å². The lowest BCUT2D eigenvalue weighted by molar-refractivity contribution is 0.0951. The maximum atomic E-state index is 12.2. The van der Waals surface area contributed by atoms with E-state index in [2.05, 4.69) is 10.3 Å². The van der Waals surface area contributed by atoms with Gasteiger partial charge in [-0.15, -0.1) is 0 Å². The van der Waals surface area contributed by atoms with Gasteiger partial charge in [0.2, 0.25) is 0 Å². The summed E-state index contributed by atoms with van der Waals surface area (Å²) in [5.74, 6) is -0.126. The molecular weight excluding hydrogens is 254 g/mol. The number of rotatable bonds is 6. The predicted molar refractivity (Wildman–Crippen MR) is 78.5 cm³/mol. The molecule has 1 heterocycles. The zero-order valence-corrected chi connectivity index (χ0v) is 11.5. The van der Waals surface area contributed by atoms with Crippen LogP contribution >= 0.6 is 0 Å². The molecule has 20 heavy (non-hydrogen) atoms. The summed E-state index contributed by atoms with van der Waals surface area (Å²) >= 11 is 0. The summed E-state index contributed by atoms with van der Waals surface area (Å²) in [7, 11) is 1.61. The number of carbonyl (C=O) groups excluding carboxylic acids is 1. The average Bonchev–Trinajstić information content (AvgIpc) is 2.47. The lowest BCUT2D eigenvalue weighted by Gasteiger charge is -2.11. The van der Waals surface area contributed by atoms with Crippen molar-refractivity contribution in [1.29, 1.82) is 0 Å². The van der Waals surface area contributed by atoms with Gasteiger partial charge in [-0.2, -0.15) is 0 Å². The molecule has 2 rings (SSSR count). The van der Waals surface area contributed by atoms with Gasteiger partial charge >= 0.3 is 0 Å². The highest BCUT2D eigenvalue weighted by Gasteiger charge is 2.10. The maximum absolute atomic E-state index is 12.2. The number of fused-ring (bicyclic) bond motifs is 1. The molecule has 3 N–H and O–H groups in total. The van der Waals surface area contributed by atoms with Gasteiger partial charge in [-0.3, -0.25) is 9.78 Å². The number of nitrogens with zero attached hydrogens (tertiary/aromatic N) is 1. The van der Waals surface area contributed by atoms with Crippen LogP contribution in [0.15, 0.2) is 36.5 Å². The standard InChI is InChI=1S/C15H19N3O2/c1-20-10-12(16)7-9-18-15(19)13-6-2-4-11-5-3-8-17-14(11)13/h2-6,8,12H,7,9-10,16H2,1H3,(H,18,19). The second-order valence-corrected chi connectivity index (χ2v) is 4.64. The number of benzene rings is 1. The van der Waals surface area contributed by atoms with E-state index in [0.29, 0.717) is 30.7 Å². The summed E-state index contributed by atoms with van der Waals surface area (Å²) in [5, 5.41) is 3.82. The Morgan fingerprint density at radius 2 is 2.20 bits per heavy atom. The normalized spacial score (nSPS) is 12.3. The van der Waals surface area contributed by atoms with E-state index in [0.717, 1.165) is 5.39 Å². The molecule has 2 aromatic rings. The first-order valence-corrected chi connectivity index (χ1v) is 6.59. The van der Waals surface area contributed by atoms with E-state index in [9.17, 15) is 4.79 Å². The number of carbonyl (C=O) groups is 1. The van der Waals surface area contributed by atoms with Crippen LogP contribution in [-0.2, 0) is 4.74 Å². The number of nitrogens with two attached hydrogens (primary N) is 1. The molecule has 0 aliphatic heterocycles. The SMILES string of the molecule is COCC(N)CCNC(=O)c1cccc2cccnc12. The first-order chi connectivity index (χ1) is 9.72. The minimum atomic E-state index is -0.126. The van der Waals surface area contributed by atoms with Crippen molar-refractivity contribution in [2.45, 2.75) is 12.5 Å².